The van der Waals surface area contributed by atoms with E-state index in [-0.39, 0.29) is 5.91 Å². The van der Waals surface area contributed by atoms with E-state index in [4.69, 9.17) is 0 Å². The first-order chi connectivity index (χ1) is 10.8. The molecule has 4 rings (SSSR count). The van der Waals surface area contributed by atoms with Crippen LogP contribution < -0.4 is 4.90 Å². The summed E-state index contributed by atoms with van der Waals surface area (Å²) in [7, 11) is 0. The molecule has 114 valence electrons. The molecule has 2 aromatic rings. The summed E-state index contributed by atoms with van der Waals surface area (Å²) in [6, 6.07) is 4.14. The molecule has 2 fully saturated rings. The van der Waals surface area contributed by atoms with E-state index in [1.54, 1.807) is 10.9 Å². The van der Waals surface area contributed by atoms with Crippen molar-refractivity contribution in [1.82, 2.24) is 20.1 Å². The molecule has 1 saturated carbocycles. The summed E-state index contributed by atoms with van der Waals surface area (Å²) in [6.45, 7) is 2.96. The molecule has 0 bridgehead atoms. The number of rotatable bonds is 3. The monoisotopic (exact) mass is 315 g/mol. The maximum absolute atomic E-state index is 12.3. The summed E-state index contributed by atoms with van der Waals surface area (Å²) in [4.78, 5) is 20.4. The maximum atomic E-state index is 12.3. The summed E-state index contributed by atoms with van der Waals surface area (Å²) in [5.41, 5.74) is 3.36. The van der Waals surface area contributed by atoms with Crippen LogP contribution in [0.2, 0.25) is 0 Å². The number of amides is 1. The zero-order valence-corrected chi connectivity index (χ0v) is 13.0. The van der Waals surface area contributed by atoms with Gasteiger partial charge in [-0.3, -0.25) is 4.79 Å². The van der Waals surface area contributed by atoms with Gasteiger partial charge in [-0.15, -0.1) is 16.4 Å². The topological polar surface area (TPSA) is 62.2 Å². The number of anilines is 1. The first kappa shape index (κ1) is 13.6. The summed E-state index contributed by atoms with van der Waals surface area (Å²) < 4.78 is 0. The van der Waals surface area contributed by atoms with Gasteiger partial charge in [0.25, 0.3) is 5.91 Å². The van der Waals surface area contributed by atoms with Gasteiger partial charge in [0, 0.05) is 37.5 Å². The van der Waals surface area contributed by atoms with Crippen molar-refractivity contribution in [3.63, 3.8) is 0 Å². The zero-order chi connectivity index (χ0) is 14.9. The molecule has 0 aromatic carbocycles. The molecule has 0 N–H and O–H groups in total. The van der Waals surface area contributed by atoms with E-state index >= 15 is 0 Å². The number of aromatic nitrogens is 3. The van der Waals surface area contributed by atoms with Crippen LogP contribution in [-0.2, 0) is 0 Å². The van der Waals surface area contributed by atoms with Crippen molar-refractivity contribution in [2.75, 3.05) is 31.1 Å². The third-order valence-corrected chi connectivity index (χ3v) is 4.80. The quantitative estimate of drug-likeness (QED) is 0.864. The number of thiazole rings is 1. The van der Waals surface area contributed by atoms with Crippen LogP contribution in [0.5, 0.6) is 0 Å². The molecule has 22 heavy (non-hydrogen) atoms. The first-order valence-electron chi connectivity index (χ1n) is 7.57. The molecular formula is C15H17N5OS. The highest BCUT2D eigenvalue weighted by atomic mass is 32.1. The number of carbonyl (C=O) groups excluding carboxylic acids is 1. The molecule has 6 nitrogen and oxygen atoms in total. The van der Waals surface area contributed by atoms with Gasteiger partial charge in [0.15, 0.2) is 5.82 Å². The Morgan fingerprint density at radius 3 is 2.55 bits per heavy atom. The van der Waals surface area contributed by atoms with Crippen molar-refractivity contribution < 1.29 is 4.79 Å². The number of piperazine rings is 1. The molecule has 7 heteroatoms. The van der Waals surface area contributed by atoms with Crippen molar-refractivity contribution in [1.29, 1.82) is 0 Å². The number of carbonyl (C=O) groups is 1. The van der Waals surface area contributed by atoms with Gasteiger partial charge in [-0.05, 0) is 25.0 Å². The minimum atomic E-state index is 0.0241. The summed E-state index contributed by atoms with van der Waals surface area (Å²) in [5.74, 6) is 1.57. The van der Waals surface area contributed by atoms with Crippen LogP contribution in [0, 0.1) is 0 Å². The van der Waals surface area contributed by atoms with Crippen LogP contribution in [0.3, 0.4) is 0 Å². The van der Waals surface area contributed by atoms with Gasteiger partial charge in [0.2, 0.25) is 0 Å². The van der Waals surface area contributed by atoms with E-state index in [0.717, 1.165) is 24.6 Å². The van der Waals surface area contributed by atoms with Gasteiger partial charge >= 0.3 is 0 Å². The fraction of sp³-hybridized carbons (Fsp3) is 0.467. The molecule has 2 aliphatic rings. The SMILES string of the molecule is O=C(c1cscn1)N1CCN(c2ccc(C3CC3)nn2)CC1. The van der Waals surface area contributed by atoms with E-state index in [2.05, 4.69) is 32.2 Å². The fourth-order valence-electron chi connectivity index (χ4n) is 2.72. The Morgan fingerprint density at radius 2 is 1.95 bits per heavy atom. The van der Waals surface area contributed by atoms with Gasteiger partial charge < -0.3 is 9.80 Å². The molecular weight excluding hydrogens is 298 g/mol. The highest BCUT2D eigenvalue weighted by Crippen LogP contribution is 2.38. The Bertz CT molecular complexity index is 645. The van der Waals surface area contributed by atoms with Gasteiger partial charge in [-0.1, -0.05) is 0 Å². The normalized spacial score (nSPS) is 18.5. The Labute approximate surface area is 132 Å². The van der Waals surface area contributed by atoms with E-state index < -0.39 is 0 Å². The van der Waals surface area contributed by atoms with Crippen molar-refractivity contribution in [3.05, 3.63) is 34.4 Å². The molecule has 0 radical (unpaired) electrons. The number of hydrogen-bond acceptors (Lipinski definition) is 6. The summed E-state index contributed by atoms with van der Waals surface area (Å²) in [5, 5.41) is 10.5. The second-order valence-electron chi connectivity index (χ2n) is 5.74. The molecule has 0 spiro atoms. The molecule has 0 atom stereocenters. The summed E-state index contributed by atoms with van der Waals surface area (Å²) in [6.07, 6.45) is 2.48. The second kappa shape index (κ2) is 5.64. The lowest BCUT2D eigenvalue weighted by atomic mass is 10.2. The van der Waals surface area contributed by atoms with Crippen molar-refractivity contribution >= 4 is 23.1 Å². The minimum absolute atomic E-state index is 0.0241. The van der Waals surface area contributed by atoms with E-state index in [9.17, 15) is 4.79 Å². The number of hydrogen-bond donors (Lipinski definition) is 0. The molecule has 0 unspecified atom stereocenters. The number of nitrogens with zero attached hydrogens (tertiary/aromatic N) is 5. The van der Waals surface area contributed by atoms with Gasteiger partial charge in [0.1, 0.15) is 5.69 Å². The Balaban J connectivity index is 1.38. The smallest absolute Gasteiger partial charge is 0.273 e. The van der Waals surface area contributed by atoms with Crippen LogP contribution in [-0.4, -0.2) is 52.2 Å². The molecule has 1 saturated heterocycles. The van der Waals surface area contributed by atoms with E-state index in [1.165, 1.54) is 24.2 Å². The largest absolute Gasteiger partial charge is 0.352 e. The lowest BCUT2D eigenvalue weighted by Crippen LogP contribution is -2.49. The average molecular weight is 315 g/mol. The lowest BCUT2D eigenvalue weighted by molar-refractivity contribution is 0.0741. The van der Waals surface area contributed by atoms with Crippen LogP contribution >= 0.6 is 11.3 Å². The molecule has 1 aliphatic carbocycles. The zero-order valence-electron chi connectivity index (χ0n) is 12.2. The molecule has 2 aromatic heterocycles. The van der Waals surface area contributed by atoms with Gasteiger partial charge in [-0.2, -0.15) is 5.10 Å². The van der Waals surface area contributed by atoms with Crippen LogP contribution in [0.25, 0.3) is 0 Å². The van der Waals surface area contributed by atoms with Gasteiger partial charge in [-0.25, -0.2) is 4.98 Å². The lowest BCUT2D eigenvalue weighted by Gasteiger charge is -2.34. The highest BCUT2D eigenvalue weighted by Gasteiger charge is 2.27. The van der Waals surface area contributed by atoms with Crippen LogP contribution in [0.1, 0.15) is 34.9 Å². The molecule has 1 aliphatic heterocycles. The van der Waals surface area contributed by atoms with Crippen LogP contribution in [0.4, 0.5) is 5.82 Å². The van der Waals surface area contributed by atoms with E-state index in [0.29, 0.717) is 24.7 Å². The van der Waals surface area contributed by atoms with Crippen molar-refractivity contribution in [2.24, 2.45) is 0 Å². The predicted octanol–water partition coefficient (Wildman–Crippen LogP) is 1.77. The third-order valence-electron chi connectivity index (χ3n) is 4.21. The Hall–Kier alpha value is -2.02. The maximum Gasteiger partial charge on any atom is 0.273 e. The molecule has 1 amide bonds. The predicted molar refractivity (Wildman–Crippen MR) is 84.2 cm³/mol. The molecule has 3 heterocycles. The summed E-state index contributed by atoms with van der Waals surface area (Å²) >= 11 is 1.45. The fourth-order valence-corrected chi connectivity index (χ4v) is 3.25. The first-order valence-corrected chi connectivity index (χ1v) is 8.51. The highest BCUT2D eigenvalue weighted by molar-refractivity contribution is 7.07. The average Bonchev–Trinajstić information content (AvgIpc) is 3.29. The van der Waals surface area contributed by atoms with Crippen LogP contribution in [0.15, 0.2) is 23.0 Å². The van der Waals surface area contributed by atoms with Crippen molar-refractivity contribution in [2.45, 2.75) is 18.8 Å². The minimum Gasteiger partial charge on any atom is -0.352 e. The van der Waals surface area contributed by atoms with Crippen molar-refractivity contribution in [3.8, 4) is 0 Å². The Kier molecular flexibility index (Phi) is 3.49. The van der Waals surface area contributed by atoms with E-state index in [1.807, 2.05) is 4.90 Å². The standard InChI is InChI=1S/C15H17N5OS/c21-15(13-9-22-10-16-13)20-7-5-19(6-8-20)14-4-3-12(17-18-14)11-1-2-11/h3-4,9-11H,1-2,5-8H2. The Morgan fingerprint density at radius 1 is 1.14 bits per heavy atom. The third kappa shape index (κ3) is 2.68. The second-order valence-corrected chi connectivity index (χ2v) is 6.46. The van der Waals surface area contributed by atoms with Gasteiger partial charge in [0.05, 0.1) is 11.2 Å².